The number of hydrogen-bond donors (Lipinski definition) is 3. The molecule has 3 heterocycles. The largest absolute Gasteiger partial charge is 0.385 e. The van der Waals surface area contributed by atoms with Gasteiger partial charge in [0.2, 0.25) is 0 Å². The third-order valence-corrected chi connectivity index (χ3v) is 8.76. The number of hydrogen-bond acceptors (Lipinski definition) is 5. The number of nitrogens with one attached hydrogen (secondary N) is 3. The number of fused-ring (bicyclic) bond motifs is 1. The maximum Gasteiger partial charge on any atom is 0.139 e. The van der Waals surface area contributed by atoms with E-state index in [0.29, 0.717) is 35.6 Å². The van der Waals surface area contributed by atoms with Crippen LogP contribution >= 0.6 is 9.24 Å². The summed E-state index contributed by atoms with van der Waals surface area (Å²) in [5, 5.41) is 25.9. The fourth-order valence-corrected chi connectivity index (χ4v) is 6.55. The maximum absolute atomic E-state index is 15.2. The molecule has 1 aromatic carbocycles. The van der Waals surface area contributed by atoms with Crippen molar-refractivity contribution in [3.8, 4) is 17.2 Å². The molecular weight excluding hydrogens is 506 g/mol. The molecule has 0 spiro atoms. The molecule has 0 radical (unpaired) electrons. The molecule has 0 bridgehead atoms. The van der Waals surface area contributed by atoms with Crippen LogP contribution in [0.15, 0.2) is 41.7 Å². The number of nitrogens with zero attached hydrogens (tertiary/aromatic N) is 3. The number of anilines is 1. The normalized spacial score (nSPS) is 21.1. The molecule has 2 aromatic rings. The quantitative estimate of drug-likeness (QED) is 0.228. The van der Waals surface area contributed by atoms with E-state index < -0.39 is 5.91 Å². The summed E-state index contributed by atoms with van der Waals surface area (Å²) in [5.41, 5.74) is 7.28. The Morgan fingerprint density at radius 2 is 2.10 bits per heavy atom. The number of alkyl halides is 1. The molecule has 1 aliphatic carbocycles. The van der Waals surface area contributed by atoms with E-state index in [9.17, 15) is 5.41 Å². The summed E-state index contributed by atoms with van der Waals surface area (Å²) in [4.78, 5) is 6.43. The average Bonchev–Trinajstić information content (AvgIpc) is 3.11. The van der Waals surface area contributed by atoms with Crippen molar-refractivity contribution in [1.82, 2.24) is 15.6 Å². The Labute approximate surface area is 234 Å². The molecule has 0 saturated heterocycles. The number of halogens is 1. The minimum atomic E-state index is -1.26. The summed E-state index contributed by atoms with van der Waals surface area (Å²) in [5.74, 6) is -0.287. The number of benzene rings is 1. The van der Waals surface area contributed by atoms with Crippen LogP contribution in [-0.4, -0.2) is 36.5 Å². The Bertz CT molecular complexity index is 1280. The zero-order chi connectivity index (χ0) is 27.4. The van der Waals surface area contributed by atoms with E-state index in [0.717, 1.165) is 60.3 Å². The molecule has 8 heteroatoms. The number of aromatic nitrogens is 1. The van der Waals surface area contributed by atoms with Crippen LogP contribution in [0.2, 0.25) is 0 Å². The molecule has 3 N–H and O–H groups in total. The highest BCUT2D eigenvalue weighted by Crippen LogP contribution is 2.41. The molecule has 5 rings (SSSR count). The zero-order valence-electron chi connectivity index (χ0n) is 22.9. The van der Waals surface area contributed by atoms with Gasteiger partial charge in [-0.3, -0.25) is 10.4 Å². The topological polar surface area (TPSA) is 87.8 Å². The first-order valence-electron chi connectivity index (χ1n) is 14.4. The minimum Gasteiger partial charge on any atom is -0.385 e. The second-order valence-electron chi connectivity index (χ2n) is 11.3. The summed E-state index contributed by atoms with van der Waals surface area (Å²) < 4.78 is 15.2. The summed E-state index contributed by atoms with van der Waals surface area (Å²) in [6, 6.07) is 10.5. The van der Waals surface area contributed by atoms with E-state index in [4.69, 9.17) is 5.26 Å². The Balaban J connectivity index is 1.55. The lowest BCUT2D eigenvalue weighted by molar-refractivity contribution is 0.389. The first kappa shape index (κ1) is 27.7. The Morgan fingerprint density at radius 1 is 1.28 bits per heavy atom. The summed E-state index contributed by atoms with van der Waals surface area (Å²) in [6.45, 7) is 4.59. The predicted molar refractivity (Wildman–Crippen MR) is 160 cm³/mol. The molecule has 3 aliphatic rings. The molecule has 0 amide bonds. The first-order chi connectivity index (χ1) is 18.9. The summed E-state index contributed by atoms with van der Waals surface area (Å²) >= 11 is 0. The van der Waals surface area contributed by atoms with Gasteiger partial charge in [-0.1, -0.05) is 35.4 Å². The van der Waals surface area contributed by atoms with E-state index in [1.165, 1.54) is 37.8 Å². The van der Waals surface area contributed by atoms with Gasteiger partial charge >= 0.3 is 0 Å². The predicted octanol–water partition coefficient (Wildman–Crippen LogP) is 6.19. The van der Waals surface area contributed by atoms with Crippen molar-refractivity contribution in [3.63, 3.8) is 0 Å². The van der Waals surface area contributed by atoms with E-state index in [2.05, 4.69) is 48.8 Å². The average molecular weight is 547 g/mol. The molecule has 3 unspecified atom stereocenters. The lowest BCUT2D eigenvalue weighted by Crippen LogP contribution is -2.42. The van der Waals surface area contributed by atoms with E-state index in [1.54, 1.807) is 6.20 Å². The number of nitriles is 1. The van der Waals surface area contributed by atoms with Crippen LogP contribution in [0.1, 0.15) is 74.6 Å². The Kier molecular flexibility index (Phi) is 8.95. The molecule has 1 saturated carbocycles. The molecule has 2 aliphatic heterocycles. The van der Waals surface area contributed by atoms with E-state index in [1.807, 2.05) is 18.2 Å². The van der Waals surface area contributed by atoms with Gasteiger partial charge in [-0.15, -0.1) is 0 Å². The van der Waals surface area contributed by atoms with Crippen molar-refractivity contribution in [2.45, 2.75) is 76.7 Å². The molecular formula is C31H40FN6P. The van der Waals surface area contributed by atoms with Crippen LogP contribution in [0.4, 0.5) is 10.1 Å². The van der Waals surface area contributed by atoms with Gasteiger partial charge in [-0.2, -0.15) is 5.26 Å². The molecule has 3 atom stereocenters. The molecule has 1 aromatic heterocycles. The van der Waals surface area contributed by atoms with Crippen LogP contribution in [0, 0.1) is 22.7 Å². The van der Waals surface area contributed by atoms with Gasteiger partial charge in [0, 0.05) is 55.3 Å². The maximum atomic E-state index is 15.2. The molecule has 6 nitrogen and oxygen atoms in total. The van der Waals surface area contributed by atoms with Crippen molar-refractivity contribution >= 4 is 20.8 Å². The number of rotatable bonds is 6. The van der Waals surface area contributed by atoms with Crippen molar-refractivity contribution in [2.75, 3.05) is 24.5 Å². The third kappa shape index (κ3) is 6.34. The van der Waals surface area contributed by atoms with Gasteiger partial charge in [-0.05, 0) is 78.1 Å². The number of pyridine rings is 1. The monoisotopic (exact) mass is 546 g/mol. The van der Waals surface area contributed by atoms with Crippen LogP contribution in [0.3, 0.4) is 0 Å². The van der Waals surface area contributed by atoms with Gasteiger partial charge in [-0.25, -0.2) is 4.39 Å². The van der Waals surface area contributed by atoms with Crippen molar-refractivity contribution in [2.24, 2.45) is 5.92 Å². The molecule has 206 valence electrons. The Morgan fingerprint density at radius 3 is 2.87 bits per heavy atom. The van der Waals surface area contributed by atoms with Crippen LogP contribution < -0.4 is 15.5 Å². The fraction of sp³-hybridized carbons (Fsp3) is 0.516. The molecule has 39 heavy (non-hydrogen) atoms. The first-order valence-corrected chi connectivity index (χ1v) is 15.1. The van der Waals surface area contributed by atoms with E-state index >= 15 is 4.39 Å². The lowest BCUT2D eigenvalue weighted by Gasteiger charge is -2.33. The summed E-state index contributed by atoms with van der Waals surface area (Å²) in [7, 11) is 2.30. The van der Waals surface area contributed by atoms with Gasteiger partial charge in [0.1, 0.15) is 11.7 Å². The van der Waals surface area contributed by atoms with Crippen molar-refractivity contribution < 1.29 is 4.39 Å². The van der Waals surface area contributed by atoms with E-state index in [-0.39, 0.29) is 6.42 Å². The van der Waals surface area contributed by atoms with Gasteiger partial charge in [0.15, 0.2) is 0 Å². The minimum absolute atomic E-state index is 0.219. The fourth-order valence-electron chi connectivity index (χ4n) is 6.27. The van der Waals surface area contributed by atoms with Gasteiger partial charge < -0.3 is 15.5 Å². The lowest BCUT2D eigenvalue weighted by atomic mass is 9.92. The standard InChI is InChI=1S/C31H40FN6P/c1-20-10-14-38(31(34)27-19-35-12-9-28(27)37-23-5-3-2-4-6-23)29-18-26(30(32)39)25(17-22(29)15-20)21-8-13-36-24(16-21)7-11-33/h8,13,16-18,20,23,30,34-35,37H,2-7,9-10,12,14-15,19,39H2,1H3. The highest BCUT2D eigenvalue weighted by Gasteiger charge is 2.29. The highest BCUT2D eigenvalue weighted by atomic mass is 31.0. The highest BCUT2D eigenvalue weighted by molar-refractivity contribution is 7.16. The van der Waals surface area contributed by atoms with Gasteiger partial charge in [0.05, 0.1) is 18.2 Å². The second kappa shape index (κ2) is 12.6. The number of amidine groups is 1. The van der Waals surface area contributed by atoms with Gasteiger partial charge in [0.25, 0.3) is 0 Å². The molecule has 1 fully saturated rings. The Hall–Kier alpha value is -2.81. The van der Waals surface area contributed by atoms with Crippen LogP contribution in [0.25, 0.3) is 11.1 Å². The zero-order valence-corrected chi connectivity index (χ0v) is 24.1. The van der Waals surface area contributed by atoms with Crippen LogP contribution in [0.5, 0.6) is 0 Å². The van der Waals surface area contributed by atoms with Crippen molar-refractivity contribution in [1.29, 1.82) is 10.7 Å². The second-order valence-corrected chi connectivity index (χ2v) is 11.9. The van der Waals surface area contributed by atoms with Crippen LogP contribution in [-0.2, 0) is 12.8 Å². The summed E-state index contributed by atoms with van der Waals surface area (Å²) in [6.07, 6.45) is 10.9. The van der Waals surface area contributed by atoms with Crippen molar-refractivity contribution in [3.05, 3.63) is 58.6 Å². The third-order valence-electron chi connectivity index (χ3n) is 8.40. The SMILES string of the molecule is CC1CCN(C(=N)C2=C(NC3CCCCC3)CCNC2)c2cc(C(F)P)c(-c3ccnc(CC#N)c3)cc2C1. The smallest absolute Gasteiger partial charge is 0.139 e.